The predicted molar refractivity (Wildman–Crippen MR) is 72.6 cm³/mol. The maximum absolute atomic E-state index is 12.6. The van der Waals surface area contributed by atoms with Crippen LogP contribution in [-0.4, -0.2) is 12.4 Å². The number of unbranched alkanes of at least 4 members (excludes halogenated alkanes) is 1. The molecule has 1 rings (SSSR count). The molecule has 0 radical (unpaired) electrons. The Morgan fingerprint density at radius 2 is 2.12 bits per heavy atom. The largest absolute Gasteiger partial charge is 0.318 e. The summed E-state index contributed by atoms with van der Waals surface area (Å²) < 4.78 is 18.1. The zero-order valence-corrected chi connectivity index (χ0v) is 11.5. The van der Waals surface area contributed by atoms with Gasteiger partial charge in [0, 0.05) is 17.5 Å². The number of nitriles is 1. The monoisotopic (exact) mass is 269 g/mol. The van der Waals surface area contributed by atoms with E-state index in [4.69, 9.17) is 9.79 Å². The van der Waals surface area contributed by atoms with Crippen molar-refractivity contribution in [1.29, 1.82) is 5.26 Å². The molecule has 0 aliphatic rings. The number of benzene rings is 1. The molecule has 1 aromatic carbocycles. The molecule has 0 spiro atoms. The SMILES string of the molecule is CCOP(=O)(SCCCC#N)c1ccccc1. The van der Waals surface area contributed by atoms with Crippen LogP contribution in [0.3, 0.4) is 0 Å². The maximum Gasteiger partial charge on any atom is 0.287 e. The van der Waals surface area contributed by atoms with E-state index in [1.54, 1.807) is 0 Å². The number of hydrogen-bond donors (Lipinski definition) is 0. The molecule has 17 heavy (non-hydrogen) atoms. The molecular formula is C12H16NO2PS. The van der Waals surface area contributed by atoms with Crippen LogP contribution in [-0.2, 0) is 9.09 Å². The van der Waals surface area contributed by atoms with E-state index >= 15 is 0 Å². The van der Waals surface area contributed by atoms with Crippen molar-refractivity contribution in [3.63, 3.8) is 0 Å². The Labute approximate surface area is 106 Å². The lowest BCUT2D eigenvalue weighted by molar-refractivity contribution is 0.353. The van der Waals surface area contributed by atoms with Crippen LogP contribution in [0.25, 0.3) is 0 Å². The first-order chi connectivity index (χ1) is 8.23. The lowest BCUT2D eigenvalue weighted by Crippen LogP contribution is -2.05. The van der Waals surface area contributed by atoms with E-state index in [-0.39, 0.29) is 0 Å². The Bertz CT molecular complexity index is 416. The molecular weight excluding hydrogens is 253 g/mol. The van der Waals surface area contributed by atoms with Gasteiger partial charge in [0.05, 0.1) is 12.7 Å². The van der Waals surface area contributed by atoms with Crippen molar-refractivity contribution < 1.29 is 9.09 Å². The van der Waals surface area contributed by atoms with Crippen LogP contribution in [0.5, 0.6) is 0 Å². The van der Waals surface area contributed by atoms with E-state index in [2.05, 4.69) is 6.07 Å². The third-order valence-corrected chi connectivity index (χ3v) is 6.92. The van der Waals surface area contributed by atoms with E-state index < -0.39 is 6.57 Å². The maximum atomic E-state index is 12.6. The van der Waals surface area contributed by atoms with Gasteiger partial charge in [-0.05, 0) is 25.5 Å². The Kier molecular flexibility index (Phi) is 6.36. The summed E-state index contributed by atoms with van der Waals surface area (Å²) in [5, 5.41) is 9.20. The molecule has 1 unspecified atom stereocenters. The lowest BCUT2D eigenvalue weighted by Gasteiger charge is -2.16. The summed E-state index contributed by atoms with van der Waals surface area (Å²) in [6.07, 6.45) is 1.24. The topological polar surface area (TPSA) is 50.1 Å². The summed E-state index contributed by atoms with van der Waals surface area (Å²) >= 11 is 1.32. The molecule has 5 heteroatoms. The van der Waals surface area contributed by atoms with Gasteiger partial charge in [-0.15, -0.1) is 0 Å². The van der Waals surface area contributed by atoms with Crippen molar-refractivity contribution in [3.05, 3.63) is 30.3 Å². The number of hydrogen-bond acceptors (Lipinski definition) is 4. The van der Waals surface area contributed by atoms with E-state index in [1.807, 2.05) is 37.3 Å². The zero-order valence-electron chi connectivity index (χ0n) is 9.83. The smallest absolute Gasteiger partial charge is 0.287 e. The minimum atomic E-state index is -2.80. The summed E-state index contributed by atoms with van der Waals surface area (Å²) in [7, 11) is 0. The number of nitrogens with zero attached hydrogens (tertiary/aromatic N) is 1. The fraction of sp³-hybridized carbons (Fsp3) is 0.417. The van der Waals surface area contributed by atoms with Gasteiger partial charge >= 0.3 is 0 Å². The highest BCUT2D eigenvalue weighted by Gasteiger charge is 2.25. The van der Waals surface area contributed by atoms with Gasteiger partial charge in [-0.25, -0.2) is 0 Å². The summed E-state index contributed by atoms with van der Waals surface area (Å²) in [5.74, 6) is 0.680. The van der Waals surface area contributed by atoms with Crippen LogP contribution in [0.2, 0.25) is 0 Å². The zero-order chi connectivity index (χ0) is 12.6. The summed E-state index contributed by atoms with van der Waals surface area (Å²) in [4.78, 5) is 0. The van der Waals surface area contributed by atoms with Crippen molar-refractivity contribution in [2.75, 3.05) is 12.4 Å². The molecule has 0 fully saturated rings. The van der Waals surface area contributed by atoms with Crippen LogP contribution < -0.4 is 5.30 Å². The van der Waals surface area contributed by atoms with Gasteiger partial charge in [-0.3, -0.25) is 4.57 Å². The molecule has 0 saturated heterocycles. The van der Waals surface area contributed by atoms with Crippen LogP contribution in [0.1, 0.15) is 19.8 Å². The van der Waals surface area contributed by atoms with Crippen LogP contribution in [0.4, 0.5) is 0 Å². The van der Waals surface area contributed by atoms with Crippen LogP contribution in [0.15, 0.2) is 30.3 Å². The minimum absolute atomic E-state index is 0.428. The third kappa shape index (κ3) is 4.55. The molecule has 0 heterocycles. The van der Waals surface area contributed by atoms with Crippen molar-refractivity contribution in [1.82, 2.24) is 0 Å². The molecule has 1 aromatic rings. The Morgan fingerprint density at radius 3 is 2.71 bits per heavy atom. The molecule has 1 atom stereocenters. The molecule has 0 bridgehead atoms. The summed E-state index contributed by atoms with van der Waals surface area (Å²) in [6, 6.07) is 11.3. The van der Waals surface area contributed by atoms with E-state index in [1.165, 1.54) is 11.4 Å². The molecule has 0 N–H and O–H groups in total. The van der Waals surface area contributed by atoms with Gasteiger partial charge in [0.15, 0.2) is 0 Å². The fourth-order valence-corrected chi connectivity index (χ4v) is 5.53. The van der Waals surface area contributed by atoms with E-state index in [0.29, 0.717) is 18.8 Å². The Morgan fingerprint density at radius 1 is 1.41 bits per heavy atom. The first-order valence-electron chi connectivity index (χ1n) is 5.54. The lowest BCUT2D eigenvalue weighted by atomic mass is 10.4. The fourth-order valence-electron chi connectivity index (χ4n) is 1.30. The predicted octanol–water partition coefficient (Wildman–Crippen LogP) is 3.58. The summed E-state index contributed by atoms with van der Waals surface area (Å²) in [5.41, 5.74) is 0. The highest BCUT2D eigenvalue weighted by Crippen LogP contribution is 2.58. The molecule has 0 aliphatic heterocycles. The Hall–Kier alpha value is -0.750. The molecule has 0 saturated carbocycles. The molecule has 92 valence electrons. The van der Waals surface area contributed by atoms with Crippen molar-refractivity contribution in [3.8, 4) is 6.07 Å². The normalized spacial score (nSPS) is 13.9. The standard InChI is InChI=1S/C12H16NO2PS/c1-2-15-16(14,17-11-7-6-10-13)12-8-4-3-5-9-12/h3-5,8-9H,2,6-7,11H2,1H3. The van der Waals surface area contributed by atoms with Gasteiger partial charge < -0.3 is 4.52 Å². The first-order valence-corrected chi connectivity index (χ1v) is 8.76. The molecule has 0 amide bonds. The first kappa shape index (κ1) is 14.3. The van der Waals surface area contributed by atoms with Gasteiger partial charge in [-0.1, -0.05) is 29.6 Å². The van der Waals surface area contributed by atoms with Crippen LogP contribution >= 0.6 is 18.0 Å². The van der Waals surface area contributed by atoms with Gasteiger partial charge in [0.25, 0.3) is 6.57 Å². The molecule has 0 aliphatic carbocycles. The Balaban J connectivity index is 2.70. The van der Waals surface area contributed by atoms with Crippen molar-refractivity contribution >= 4 is 23.3 Å². The van der Waals surface area contributed by atoms with Gasteiger partial charge in [0.1, 0.15) is 0 Å². The highest BCUT2D eigenvalue weighted by atomic mass is 32.7. The molecule has 3 nitrogen and oxygen atoms in total. The third-order valence-electron chi connectivity index (χ3n) is 2.07. The average Bonchev–Trinajstić information content (AvgIpc) is 2.36. The van der Waals surface area contributed by atoms with Gasteiger partial charge in [0.2, 0.25) is 0 Å². The average molecular weight is 269 g/mol. The minimum Gasteiger partial charge on any atom is -0.318 e. The van der Waals surface area contributed by atoms with Crippen LogP contribution in [0, 0.1) is 11.3 Å². The van der Waals surface area contributed by atoms with Crippen molar-refractivity contribution in [2.24, 2.45) is 0 Å². The number of rotatable bonds is 7. The van der Waals surface area contributed by atoms with E-state index in [0.717, 1.165) is 11.7 Å². The quantitative estimate of drug-likeness (QED) is 0.561. The summed E-state index contributed by atoms with van der Waals surface area (Å²) in [6.45, 7) is -0.538. The second-order valence-corrected chi connectivity index (χ2v) is 8.00. The second-order valence-electron chi connectivity index (χ2n) is 3.35. The van der Waals surface area contributed by atoms with Crippen molar-refractivity contribution in [2.45, 2.75) is 19.8 Å². The highest BCUT2D eigenvalue weighted by molar-refractivity contribution is 8.58. The van der Waals surface area contributed by atoms with E-state index in [9.17, 15) is 4.57 Å². The second kappa shape index (κ2) is 7.55. The van der Waals surface area contributed by atoms with Gasteiger partial charge in [-0.2, -0.15) is 5.26 Å². The molecule has 0 aromatic heterocycles.